The summed E-state index contributed by atoms with van der Waals surface area (Å²) in [4.78, 5) is 37.2. The lowest BCUT2D eigenvalue weighted by molar-refractivity contribution is -0.145. The highest BCUT2D eigenvalue weighted by molar-refractivity contribution is 6.63. The molecule has 0 bridgehead atoms. The molecule has 10 nitrogen and oxygen atoms in total. The lowest BCUT2D eigenvalue weighted by atomic mass is 9.77. The molecule has 1 heterocycles. The van der Waals surface area contributed by atoms with E-state index >= 15 is 0 Å². The molecule has 11 heteroatoms. The lowest BCUT2D eigenvalue weighted by Crippen LogP contribution is -2.52. The fraction of sp³-hybridized carbons (Fsp3) is 0.640. The number of esters is 1. The number of nitrogens with one attached hydrogen (secondary N) is 2. The van der Waals surface area contributed by atoms with Crippen molar-refractivity contribution in [3.05, 3.63) is 23.8 Å². The van der Waals surface area contributed by atoms with Gasteiger partial charge in [0.2, 0.25) is 5.91 Å². The van der Waals surface area contributed by atoms with E-state index in [-0.39, 0.29) is 6.42 Å². The van der Waals surface area contributed by atoms with E-state index in [2.05, 4.69) is 10.6 Å². The van der Waals surface area contributed by atoms with Crippen molar-refractivity contribution in [2.45, 2.75) is 90.7 Å². The second kappa shape index (κ2) is 11.1. The van der Waals surface area contributed by atoms with Gasteiger partial charge in [0.25, 0.3) is 0 Å². The second-order valence-electron chi connectivity index (χ2n) is 10.8. The highest BCUT2D eigenvalue weighted by Crippen LogP contribution is 2.37. The molecule has 2 atom stereocenters. The zero-order valence-corrected chi connectivity index (χ0v) is 22.9. The summed E-state index contributed by atoms with van der Waals surface area (Å²) < 4.78 is 27.9. The fourth-order valence-corrected chi connectivity index (χ4v) is 3.48. The number of ether oxygens (including phenoxy) is 3. The summed E-state index contributed by atoms with van der Waals surface area (Å²) in [5.41, 5.74) is -0.401. The number of hydrogen-bond donors (Lipinski definition) is 2. The number of amides is 2. The molecule has 1 aliphatic rings. The van der Waals surface area contributed by atoms with Crippen LogP contribution in [0.1, 0.15) is 61.0 Å². The Morgan fingerprint density at radius 3 is 2.11 bits per heavy atom. The van der Waals surface area contributed by atoms with Gasteiger partial charge in [-0.25, -0.2) is 9.59 Å². The summed E-state index contributed by atoms with van der Waals surface area (Å²) in [6.07, 6.45) is -0.601. The molecule has 0 aliphatic carbocycles. The second-order valence-corrected chi connectivity index (χ2v) is 10.8. The Balaban J connectivity index is 2.20. The number of alkyl carbamates (subject to hydrolysis) is 1. The fourth-order valence-electron chi connectivity index (χ4n) is 3.48. The van der Waals surface area contributed by atoms with E-state index in [4.69, 9.17) is 23.5 Å². The molecule has 0 aromatic heterocycles. The van der Waals surface area contributed by atoms with Crippen LogP contribution in [0.4, 0.5) is 4.79 Å². The topological polar surface area (TPSA) is 121 Å². The van der Waals surface area contributed by atoms with Crippen LogP contribution in [0, 0.1) is 0 Å². The Kier molecular flexibility index (Phi) is 9.07. The van der Waals surface area contributed by atoms with Crippen molar-refractivity contribution < 1.29 is 37.9 Å². The molecule has 2 amide bonds. The van der Waals surface area contributed by atoms with Crippen molar-refractivity contribution >= 4 is 30.6 Å². The van der Waals surface area contributed by atoms with Crippen LogP contribution in [0.5, 0.6) is 5.75 Å². The molecule has 0 unspecified atom stereocenters. The van der Waals surface area contributed by atoms with Crippen LogP contribution in [-0.2, 0) is 34.8 Å². The first kappa shape index (κ1) is 29.4. The number of carbonyl (C=O) groups excluding carboxylic acids is 3. The maximum atomic E-state index is 12.7. The van der Waals surface area contributed by atoms with Gasteiger partial charge in [0.05, 0.1) is 25.4 Å². The first-order chi connectivity index (χ1) is 16.5. The predicted octanol–water partition coefficient (Wildman–Crippen LogP) is 2.11. The SMILES string of the molecule is COC(=O)[C@H](Cc1ccc(OC)c(B2OC(C)(C)C(C)(C)O2)c1)NC(=O)[C@H](C)NC(=O)OC(C)(C)C. The first-order valence-electron chi connectivity index (χ1n) is 11.9. The number of methoxy groups -OCH3 is 2. The maximum Gasteiger partial charge on any atom is 0.498 e. The Morgan fingerprint density at radius 1 is 1.03 bits per heavy atom. The van der Waals surface area contributed by atoms with E-state index in [0.29, 0.717) is 11.2 Å². The molecule has 0 radical (unpaired) electrons. The normalized spacial score (nSPS) is 18.1. The number of hydrogen-bond acceptors (Lipinski definition) is 8. The van der Waals surface area contributed by atoms with Crippen molar-refractivity contribution in [2.75, 3.05) is 14.2 Å². The van der Waals surface area contributed by atoms with Crippen molar-refractivity contribution in [1.82, 2.24) is 10.6 Å². The zero-order chi connectivity index (χ0) is 27.5. The Morgan fingerprint density at radius 2 is 1.61 bits per heavy atom. The van der Waals surface area contributed by atoms with Gasteiger partial charge < -0.3 is 34.2 Å². The van der Waals surface area contributed by atoms with E-state index in [1.54, 1.807) is 40.0 Å². The van der Waals surface area contributed by atoms with Crippen molar-refractivity contribution in [3.8, 4) is 5.75 Å². The summed E-state index contributed by atoms with van der Waals surface area (Å²) in [6, 6.07) is 3.44. The Hall–Kier alpha value is -2.79. The molecule has 36 heavy (non-hydrogen) atoms. The monoisotopic (exact) mass is 506 g/mol. The molecule has 1 fully saturated rings. The summed E-state index contributed by atoms with van der Waals surface area (Å²) in [5, 5.41) is 5.11. The van der Waals surface area contributed by atoms with Gasteiger partial charge in [-0.2, -0.15) is 0 Å². The molecule has 1 aromatic carbocycles. The Labute approximate surface area is 213 Å². The smallest absolute Gasteiger partial charge is 0.497 e. The van der Waals surface area contributed by atoms with Crippen LogP contribution in [0.3, 0.4) is 0 Å². The van der Waals surface area contributed by atoms with E-state index in [1.807, 2.05) is 33.8 Å². The predicted molar refractivity (Wildman–Crippen MR) is 135 cm³/mol. The third-order valence-electron chi connectivity index (χ3n) is 6.17. The van der Waals surface area contributed by atoms with Crippen LogP contribution < -0.4 is 20.8 Å². The molecule has 2 rings (SSSR count). The quantitative estimate of drug-likeness (QED) is 0.406. The summed E-state index contributed by atoms with van der Waals surface area (Å²) in [7, 11) is 2.13. The van der Waals surface area contributed by atoms with Crippen molar-refractivity contribution in [1.29, 1.82) is 0 Å². The molecular formula is C25H39BN2O8. The number of benzene rings is 1. The molecule has 0 saturated carbocycles. The highest BCUT2D eigenvalue weighted by atomic mass is 16.7. The average Bonchev–Trinajstić information content (AvgIpc) is 2.97. The minimum Gasteiger partial charge on any atom is -0.497 e. The van der Waals surface area contributed by atoms with Gasteiger partial charge in [-0.15, -0.1) is 0 Å². The number of carbonyl (C=O) groups is 3. The Bertz CT molecular complexity index is 957. The third kappa shape index (κ3) is 7.36. The van der Waals surface area contributed by atoms with Crippen LogP contribution in [0.25, 0.3) is 0 Å². The summed E-state index contributed by atoms with van der Waals surface area (Å²) in [5.74, 6) is -0.608. The summed E-state index contributed by atoms with van der Waals surface area (Å²) >= 11 is 0. The van der Waals surface area contributed by atoms with E-state index in [0.717, 1.165) is 5.56 Å². The average molecular weight is 506 g/mol. The van der Waals surface area contributed by atoms with Gasteiger partial charge in [0.15, 0.2) is 0 Å². The third-order valence-corrected chi connectivity index (χ3v) is 6.17. The lowest BCUT2D eigenvalue weighted by Gasteiger charge is -2.32. The van der Waals surface area contributed by atoms with E-state index in [9.17, 15) is 14.4 Å². The maximum absolute atomic E-state index is 12.7. The standard InChI is InChI=1S/C25H39BN2O8/c1-15(27-22(31)34-23(2,3)4)20(29)28-18(21(30)33-10)14-16-11-12-19(32-9)17(13-16)26-35-24(5,6)25(7,8)36-26/h11-13,15,18H,14H2,1-10H3,(H,27,31)(H,28,29)/t15-,18-/m0/s1. The van der Waals surface area contributed by atoms with Gasteiger partial charge in [-0.05, 0) is 67.0 Å². The van der Waals surface area contributed by atoms with Gasteiger partial charge in [0.1, 0.15) is 23.4 Å². The molecular weight excluding hydrogens is 467 g/mol. The van der Waals surface area contributed by atoms with E-state index in [1.165, 1.54) is 14.0 Å². The van der Waals surface area contributed by atoms with Gasteiger partial charge in [-0.1, -0.05) is 12.1 Å². The zero-order valence-electron chi connectivity index (χ0n) is 22.9. The number of rotatable bonds is 8. The largest absolute Gasteiger partial charge is 0.498 e. The molecule has 1 aliphatic heterocycles. The molecule has 200 valence electrons. The van der Waals surface area contributed by atoms with Crippen LogP contribution in [0.15, 0.2) is 18.2 Å². The van der Waals surface area contributed by atoms with Gasteiger partial charge in [-0.3, -0.25) is 4.79 Å². The van der Waals surface area contributed by atoms with Gasteiger partial charge >= 0.3 is 19.2 Å². The van der Waals surface area contributed by atoms with Crippen LogP contribution >= 0.6 is 0 Å². The van der Waals surface area contributed by atoms with Crippen LogP contribution in [0.2, 0.25) is 0 Å². The molecule has 0 spiro atoms. The van der Waals surface area contributed by atoms with Crippen LogP contribution in [-0.4, -0.2) is 68.2 Å². The van der Waals surface area contributed by atoms with Crippen molar-refractivity contribution in [3.63, 3.8) is 0 Å². The summed E-state index contributed by atoms with van der Waals surface area (Å²) in [6.45, 7) is 14.5. The molecule has 1 saturated heterocycles. The highest BCUT2D eigenvalue weighted by Gasteiger charge is 2.52. The minimum absolute atomic E-state index is 0.133. The first-order valence-corrected chi connectivity index (χ1v) is 11.9. The van der Waals surface area contributed by atoms with E-state index < -0.39 is 54.0 Å². The molecule has 1 aromatic rings. The van der Waals surface area contributed by atoms with Gasteiger partial charge in [0, 0.05) is 11.9 Å². The van der Waals surface area contributed by atoms with Crippen molar-refractivity contribution in [2.24, 2.45) is 0 Å². The minimum atomic E-state index is -0.995. The molecule has 2 N–H and O–H groups in total.